The quantitative estimate of drug-likeness (QED) is 0.615. The van der Waals surface area contributed by atoms with Crippen molar-refractivity contribution in [2.24, 2.45) is 0 Å². The number of nitrogens with zero attached hydrogens (tertiary/aromatic N) is 2. The lowest BCUT2D eigenvalue weighted by Gasteiger charge is -1.99. The summed E-state index contributed by atoms with van der Waals surface area (Å²) in [6, 6.07) is 0. The summed E-state index contributed by atoms with van der Waals surface area (Å²) in [6.45, 7) is -0.231. The third kappa shape index (κ3) is 4.77. The van der Waals surface area contributed by atoms with E-state index in [1.165, 1.54) is 11.3 Å². The summed E-state index contributed by atoms with van der Waals surface area (Å²) in [4.78, 5) is 0. The molecule has 0 saturated carbocycles. The van der Waals surface area contributed by atoms with E-state index in [4.69, 9.17) is 4.74 Å². The van der Waals surface area contributed by atoms with E-state index < -0.39 is 13.0 Å². The van der Waals surface area contributed by atoms with E-state index in [2.05, 4.69) is 32.8 Å². The van der Waals surface area contributed by atoms with Crippen LogP contribution in [0.4, 0.5) is 8.78 Å². The van der Waals surface area contributed by atoms with Gasteiger partial charge in [-0.25, -0.2) is 8.78 Å². The van der Waals surface area contributed by atoms with E-state index in [0.29, 0.717) is 6.42 Å². The van der Waals surface area contributed by atoms with Crippen LogP contribution in [0.1, 0.15) is 5.01 Å². The summed E-state index contributed by atoms with van der Waals surface area (Å²) in [5.41, 5.74) is 0. The van der Waals surface area contributed by atoms with E-state index in [1.54, 1.807) is 0 Å². The molecule has 0 aliphatic carbocycles. The summed E-state index contributed by atoms with van der Waals surface area (Å²) in [5, 5.41) is 8.43. The lowest BCUT2D eigenvalue weighted by molar-refractivity contribution is 0.0186. The molecule has 1 rings (SSSR count). The summed E-state index contributed by atoms with van der Waals surface area (Å²) < 4.78 is 28.8. The van der Waals surface area contributed by atoms with Crippen molar-refractivity contribution in [3.63, 3.8) is 0 Å². The molecule has 3 nitrogen and oxygen atoms in total. The van der Waals surface area contributed by atoms with Crippen molar-refractivity contribution in [3.8, 4) is 0 Å². The first-order valence-electron chi connectivity index (χ1n) is 3.52. The first kappa shape index (κ1) is 11.2. The minimum atomic E-state index is -2.39. The summed E-state index contributed by atoms with van der Waals surface area (Å²) in [7, 11) is 0. The van der Waals surface area contributed by atoms with Gasteiger partial charge < -0.3 is 4.74 Å². The molecule has 0 bridgehead atoms. The number of aromatic nitrogens is 2. The van der Waals surface area contributed by atoms with Gasteiger partial charge in [0.2, 0.25) is 0 Å². The molecule has 0 N–H and O–H groups in total. The second kappa shape index (κ2) is 5.76. The smallest absolute Gasteiger partial charge is 0.261 e. The molecular weight excluding hydrogens is 313 g/mol. The lowest BCUT2D eigenvalue weighted by atomic mass is 10.5. The number of halogens is 3. The molecule has 0 spiro atoms. The minimum Gasteiger partial charge on any atom is -0.375 e. The Hall–Kier alpha value is 0.110. The van der Waals surface area contributed by atoms with Crippen LogP contribution < -0.4 is 0 Å². The summed E-state index contributed by atoms with van der Waals surface area (Å²) in [5.74, 6) is 0. The number of hydrogen-bond donors (Lipinski definition) is 0. The van der Waals surface area contributed by atoms with E-state index in [0.717, 1.165) is 8.02 Å². The Morgan fingerprint density at radius 3 is 2.77 bits per heavy atom. The summed E-state index contributed by atoms with van der Waals surface area (Å²) >= 11 is 3.50. The van der Waals surface area contributed by atoms with Crippen molar-refractivity contribution in [1.29, 1.82) is 0 Å². The Labute approximate surface area is 91.6 Å². The third-order valence-electron chi connectivity index (χ3n) is 1.15. The van der Waals surface area contributed by atoms with Crippen molar-refractivity contribution < 1.29 is 13.5 Å². The van der Waals surface area contributed by atoms with Crippen LogP contribution in [0.5, 0.6) is 0 Å². The van der Waals surface area contributed by atoms with Gasteiger partial charge in [-0.15, -0.1) is 10.2 Å². The first-order chi connectivity index (χ1) is 6.18. The number of hydrogen-bond acceptors (Lipinski definition) is 4. The highest BCUT2D eigenvalue weighted by molar-refractivity contribution is 14.1. The van der Waals surface area contributed by atoms with Crippen LogP contribution in [0.15, 0.2) is 0 Å². The third-order valence-corrected chi connectivity index (χ3v) is 2.79. The highest BCUT2D eigenvalue weighted by Crippen LogP contribution is 2.12. The Bertz CT molecular complexity index is 259. The molecule has 7 heteroatoms. The Balaban J connectivity index is 2.13. The van der Waals surface area contributed by atoms with Crippen LogP contribution in [0.2, 0.25) is 0 Å². The zero-order valence-corrected chi connectivity index (χ0v) is 9.52. The van der Waals surface area contributed by atoms with Crippen LogP contribution in [0, 0.1) is 3.01 Å². The molecule has 0 aliphatic rings. The SMILES string of the molecule is FC(F)COCCc1nnc(I)s1. The van der Waals surface area contributed by atoms with Crippen molar-refractivity contribution in [2.75, 3.05) is 13.2 Å². The molecule has 0 atom stereocenters. The van der Waals surface area contributed by atoms with Crippen LogP contribution in [0.25, 0.3) is 0 Å². The zero-order chi connectivity index (χ0) is 9.68. The second-order valence-electron chi connectivity index (χ2n) is 2.16. The van der Waals surface area contributed by atoms with E-state index in [9.17, 15) is 8.78 Å². The number of alkyl halides is 2. The molecule has 13 heavy (non-hydrogen) atoms. The van der Waals surface area contributed by atoms with E-state index in [1.807, 2.05) is 0 Å². The molecule has 0 fully saturated rings. The van der Waals surface area contributed by atoms with Crippen LogP contribution in [0.3, 0.4) is 0 Å². The molecule has 0 amide bonds. The minimum absolute atomic E-state index is 0.273. The second-order valence-corrected chi connectivity index (χ2v) is 4.98. The normalized spacial score (nSPS) is 11.1. The predicted octanol–water partition coefficient (Wildman–Crippen LogP) is 1.97. The van der Waals surface area contributed by atoms with Gasteiger partial charge in [0, 0.05) is 6.42 Å². The van der Waals surface area contributed by atoms with Crippen molar-refractivity contribution >= 4 is 33.9 Å². The van der Waals surface area contributed by atoms with Gasteiger partial charge in [0.05, 0.1) is 6.61 Å². The molecule has 0 radical (unpaired) electrons. The van der Waals surface area contributed by atoms with Gasteiger partial charge in [-0.3, -0.25) is 0 Å². The highest BCUT2D eigenvalue weighted by atomic mass is 127. The maximum Gasteiger partial charge on any atom is 0.261 e. The van der Waals surface area contributed by atoms with Gasteiger partial charge in [0.15, 0.2) is 3.01 Å². The Kier molecular flexibility index (Phi) is 4.96. The van der Waals surface area contributed by atoms with Crippen molar-refractivity contribution in [3.05, 3.63) is 8.02 Å². The maximum atomic E-state index is 11.6. The van der Waals surface area contributed by atoms with Gasteiger partial charge in [-0.2, -0.15) is 0 Å². The fourth-order valence-corrected chi connectivity index (χ4v) is 2.08. The van der Waals surface area contributed by atoms with Crippen molar-refractivity contribution in [2.45, 2.75) is 12.8 Å². The summed E-state index contributed by atoms with van der Waals surface area (Å²) in [6.07, 6.45) is -1.84. The molecule has 1 aromatic rings. The molecule has 0 aromatic carbocycles. The fourth-order valence-electron chi connectivity index (χ4n) is 0.666. The molecular formula is C6H7F2IN2OS. The zero-order valence-electron chi connectivity index (χ0n) is 6.54. The number of ether oxygens (including phenoxy) is 1. The number of rotatable bonds is 5. The van der Waals surface area contributed by atoms with Crippen LogP contribution in [-0.4, -0.2) is 29.8 Å². The average molecular weight is 320 g/mol. The van der Waals surface area contributed by atoms with Gasteiger partial charge in [-0.05, 0) is 22.6 Å². The Morgan fingerprint density at radius 1 is 1.46 bits per heavy atom. The lowest BCUT2D eigenvalue weighted by Crippen LogP contribution is -2.06. The molecule has 1 heterocycles. The molecule has 0 saturated heterocycles. The van der Waals surface area contributed by atoms with Gasteiger partial charge in [-0.1, -0.05) is 11.3 Å². The standard InChI is InChI=1S/C6H7F2IN2OS/c7-4(8)3-12-2-1-5-10-11-6(9)13-5/h4H,1-3H2. The molecule has 74 valence electrons. The van der Waals surface area contributed by atoms with E-state index >= 15 is 0 Å². The molecule has 0 unspecified atom stereocenters. The first-order valence-corrected chi connectivity index (χ1v) is 5.42. The van der Waals surface area contributed by atoms with Crippen molar-refractivity contribution in [1.82, 2.24) is 10.2 Å². The van der Waals surface area contributed by atoms with Gasteiger partial charge in [0.1, 0.15) is 11.6 Å². The largest absolute Gasteiger partial charge is 0.375 e. The Morgan fingerprint density at radius 2 is 2.23 bits per heavy atom. The van der Waals surface area contributed by atoms with Gasteiger partial charge in [0.25, 0.3) is 6.43 Å². The monoisotopic (exact) mass is 320 g/mol. The fraction of sp³-hybridized carbons (Fsp3) is 0.667. The predicted molar refractivity (Wildman–Crippen MR) is 53.2 cm³/mol. The van der Waals surface area contributed by atoms with Gasteiger partial charge >= 0.3 is 0 Å². The van der Waals surface area contributed by atoms with Crippen LogP contribution in [-0.2, 0) is 11.2 Å². The molecule has 1 aromatic heterocycles. The van der Waals surface area contributed by atoms with E-state index in [-0.39, 0.29) is 6.61 Å². The maximum absolute atomic E-state index is 11.6. The average Bonchev–Trinajstić information content (AvgIpc) is 2.45. The highest BCUT2D eigenvalue weighted by Gasteiger charge is 2.04. The topological polar surface area (TPSA) is 35.0 Å². The molecule has 0 aliphatic heterocycles. The van der Waals surface area contributed by atoms with Crippen LogP contribution >= 0.6 is 33.9 Å².